The van der Waals surface area contributed by atoms with Crippen molar-refractivity contribution in [1.82, 2.24) is 9.55 Å². The highest BCUT2D eigenvalue weighted by atomic mass is 35.5. The van der Waals surface area contributed by atoms with E-state index in [0.29, 0.717) is 5.39 Å². The van der Waals surface area contributed by atoms with Crippen molar-refractivity contribution in [2.75, 3.05) is 0 Å². The molecule has 4 heteroatoms. The molecule has 2 aromatic heterocycles. The van der Waals surface area contributed by atoms with Crippen LogP contribution in [0, 0.1) is 6.92 Å². The molecule has 94 valence electrons. The fourth-order valence-corrected chi connectivity index (χ4v) is 2.49. The summed E-state index contributed by atoms with van der Waals surface area (Å²) in [6.45, 7) is 1.90. The van der Waals surface area contributed by atoms with Gasteiger partial charge in [-0.3, -0.25) is 9.36 Å². The van der Waals surface area contributed by atoms with Gasteiger partial charge in [0.1, 0.15) is 5.15 Å². The van der Waals surface area contributed by atoms with Crippen molar-refractivity contribution in [3.05, 3.63) is 69.9 Å². The van der Waals surface area contributed by atoms with E-state index < -0.39 is 0 Å². The van der Waals surface area contributed by atoms with Gasteiger partial charge in [-0.25, -0.2) is 4.98 Å². The lowest BCUT2D eigenvalue weighted by molar-refractivity contribution is 0.949. The van der Waals surface area contributed by atoms with Crippen molar-refractivity contribution in [2.24, 2.45) is 0 Å². The van der Waals surface area contributed by atoms with Gasteiger partial charge in [0.05, 0.1) is 5.39 Å². The van der Waals surface area contributed by atoms with Crippen LogP contribution in [0.25, 0.3) is 16.5 Å². The van der Waals surface area contributed by atoms with Crippen molar-refractivity contribution >= 4 is 22.4 Å². The van der Waals surface area contributed by atoms with Gasteiger partial charge in [0, 0.05) is 17.6 Å². The van der Waals surface area contributed by atoms with Crippen molar-refractivity contribution in [3.8, 4) is 5.69 Å². The second-order valence-corrected chi connectivity index (χ2v) is 4.69. The minimum Gasteiger partial charge on any atom is -0.281 e. The summed E-state index contributed by atoms with van der Waals surface area (Å²) in [7, 11) is 0. The molecular weight excluding hydrogens is 260 g/mol. The predicted octanol–water partition coefficient (Wildman–Crippen LogP) is 3.35. The molecule has 2 heterocycles. The number of aromatic nitrogens is 2. The van der Waals surface area contributed by atoms with Crippen LogP contribution in [-0.2, 0) is 0 Å². The average Bonchev–Trinajstić information content (AvgIpc) is 2.39. The van der Waals surface area contributed by atoms with Crippen LogP contribution in [0.1, 0.15) is 5.69 Å². The highest BCUT2D eigenvalue weighted by Crippen LogP contribution is 2.20. The summed E-state index contributed by atoms with van der Waals surface area (Å²) in [5.74, 6) is 0. The molecule has 0 amide bonds. The van der Waals surface area contributed by atoms with Crippen molar-refractivity contribution in [1.29, 1.82) is 0 Å². The first-order valence-electron chi connectivity index (χ1n) is 5.91. The van der Waals surface area contributed by atoms with Crippen LogP contribution in [0.4, 0.5) is 0 Å². The number of benzene rings is 1. The molecule has 3 aromatic rings. The molecule has 0 spiro atoms. The highest BCUT2D eigenvalue weighted by Gasteiger charge is 2.11. The Hall–Kier alpha value is -2.13. The summed E-state index contributed by atoms with van der Waals surface area (Å²) in [4.78, 5) is 16.6. The Balaban J connectivity index is 2.45. The summed E-state index contributed by atoms with van der Waals surface area (Å²) >= 11 is 6.05. The summed E-state index contributed by atoms with van der Waals surface area (Å²) in [5.41, 5.74) is 1.55. The number of halogens is 1. The van der Waals surface area contributed by atoms with Crippen LogP contribution in [0.2, 0.25) is 5.15 Å². The SMILES string of the molecule is Cc1cc2ccnc(Cl)c2c(=O)n1-c1ccccc1. The van der Waals surface area contributed by atoms with E-state index >= 15 is 0 Å². The van der Waals surface area contributed by atoms with E-state index in [9.17, 15) is 4.79 Å². The third-order valence-corrected chi connectivity index (χ3v) is 3.37. The van der Waals surface area contributed by atoms with E-state index in [4.69, 9.17) is 11.6 Å². The fraction of sp³-hybridized carbons (Fsp3) is 0.0667. The molecule has 3 nitrogen and oxygen atoms in total. The van der Waals surface area contributed by atoms with Gasteiger partial charge < -0.3 is 0 Å². The molecule has 1 aromatic carbocycles. The van der Waals surface area contributed by atoms with Crippen molar-refractivity contribution < 1.29 is 0 Å². The molecule has 0 radical (unpaired) electrons. The van der Waals surface area contributed by atoms with E-state index in [1.165, 1.54) is 0 Å². The third kappa shape index (κ3) is 1.92. The molecule has 0 fully saturated rings. The smallest absolute Gasteiger partial charge is 0.266 e. The van der Waals surface area contributed by atoms with Gasteiger partial charge in [0.15, 0.2) is 0 Å². The number of nitrogens with zero attached hydrogens (tertiary/aromatic N) is 2. The standard InChI is InChI=1S/C15H11ClN2O/c1-10-9-11-7-8-17-14(16)13(11)15(19)18(10)12-5-3-2-4-6-12/h2-9H,1H3. The minimum atomic E-state index is -0.140. The summed E-state index contributed by atoms with van der Waals surface area (Å²) in [5, 5.41) is 1.51. The molecular formula is C15H11ClN2O. The monoisotopic (exact) mass is 270 g/mol. The zero-order valence-corrected chi connectivity index (χ0v) is 11.1. The van der Waals surface area contributed by atoms with Crippen LogP contribution >= 0.6 is 11.6 Å². The Morgan fingerprint density at radius 3 is 2.63 bits per heavy atom. The quantitative estimate of drug-likeness (QED) is 0.636. The van der Waals surface area contributed by atoms with Crippen LogP contribution < -0.4 is 5.56 Å². The normalized spacial score (nSPS) is 10.8. The number of rotatable bonds is 1. The third-order valence-electron chi connectivity index (χ3n) is 3.09. The van der Waals surface area contributed by atoms with Crippen LogP contribution in [-0.4, -0.2) is 9.55 Å². The number of pyridine rings is 2. The van der Waals surface area contributed by atoms with Gasteiger partial charge >= 0.3 is 0 Å². The van der Waals surface area contributed by atoms with Gasteiger partial charge in [0.2, 0.25) is 0 Å². The highest BCUT2D eigenvalue weighted by molar-refractivity contribution is 6.34. The Bertz CT molecular complexity index is 809. The van der Waals surface area contributed by atoms with E-state index in [0.717, 1.165) is 16.8 Å². The summed E-state index contributed by atoms with van der Waals surface area (Å²) in [6, 6.07) is 13.2. The van der Waals surface area contributed by atoms with E-state index in [1.54, 1.807) is 16.8 Å². The maximum atomic E-state index is 12.6. The van der Waals surface area contributed by atoms with Crippen LogP contribution in [0.15, 0.2) is 53.5 Å². The van der Waals surface area contributed by atoms with Crippen LogP contribution in [0.5, 0.6) is 0 Å². The van der Waals surface area contributed by atoms with Crippen LogP contribution in [0.3, 0.4) is 0 Å². The van der Waals surface area contributed by atoms with E-state index in [-0.39, 0.29) is 10.7 Å². The Morgan fingerprint density at radius 1 is 1.16 bits per heavy atom. The molecule has 0 aliphatic carbocycles. The summed E-state index contributed by atoms with van der Waals surface area (Å²) < 4.78 is 1.65. The molecule has 0 saturated heterocycles. The minimum absolute atomic E-state index is 0.140. The second kappa shape index (κ2) is 4.52. The fourth-order valence-electron chi connectivity index (χ4n) is 2.24. The van der Waals surface area contributed by atoms with Gasteiger partial charge in [0.25, 0.3) is 5.56 Å². The first-order valence-corrected chi connectivity index (χ1v) is 6.28. The largest absolute Gasteiger partial charge is 0.281 e. The molecule has 19 heavy (non-hydrogen) atoms. The van der Waals surface area contributed by atoms with E-state index in [1.807, 2.05) is 43.3 Å². The molecule has 0 atom stereocenters. The first-order chi connectivity index (χ1) is 9.18. The maximum absolute atomic E-state index is 12.6. The Labute approximate surface area is 115 Å². The Kier molecular flexibility index (Phi) is 2.84. The van der Waals surface area contributed by atoms with Gasteiger partial charge in [-0.15, -0.1) is 0 Å². The lowest BCUT2D eigenvalue weighted by Crippen LogP contribution is -2.21. The lowest BCUT2D eigenvalue weighted by atomic mass is 10.2. The zero-order chi connectivity index (χ0) is 13.4. The number of hydrogen-bond acceptors (Lipinski definition) is 2. The number of aryl methyl sites for hydroxylation is 1. The topological polar surface area (TPSA) is 34.9 Å². The Morgan fingerprint density at radius 2 is 1.89 bits per heavy atom. The zero-order valence-electron chi connectivity index (χ0n) is 10.3. The molecule has 0 bridgehead atoms. The van der Waals surface area contributed by atoms with Gasteiger partial charge in [-0.1, -0.05) is 29.8 Å². The predicted molar refractivity (Wildman–Crippen MR) is 77.1 cm³/mol. The molecule has 0 N–H and O–H groups in total. The van der Waals surface area contributed by atoms with E-state index in [2.05, 4.69) is 4.98 Å². The summed E-state index contributed by atoms with van der Waals surface area (Å²) in [6.07, 6.45) is 1.61. The van der Waals surface area contributed by atoms with Gasteiger partial charge in [-0.05, 0) is 36.6 Å². The molecule has 0 saturated carbocycles. The maximum Gasteiger partial charge on any atom is 0.266 e. The molecule has 3 rings (SSSR count). The lowest BCUT2D eigenvalue weighted by Gasteiger charge is -2.11. The van der Waals surface area contributed by atoms with Gasteiger partial charge in [-0.2, -0.15) is 0 Å². The number of fused-ring (bicyclic) bond motifs is 1. The number of hydrogen-bond donors (Lipinski definition) is 0. The molecule has 0 unspecified atom stereocenters. The average molecular weight is 271 g/mol. The molecule has 0 aliphatic heterocycles. The number of para-hydroxylation sites is 1. The van der Waals surface area contributed by atoms with Crippen molar-refractivity contribution in [2.45, 2.75) is 6.92 Å². The first kappa shape index (κ1) is 11.9. The second-order valence-electron chi connectivity index (χ2n) is 4.33. The van der Waals surface area contributed by atoms with Crippen molar-refractivity contribution in [3.63, 3.8) is 0 Å². The molecule has 0 aliphatic rings.